The van der Waals surface area contributed by atoms with E-state index in [0.29, 0.717) is 23.6 Å². The molecule has 1 aromatic rings. The van der Waals surface area contributed by atoms with Gasteiger partial charge in [0, 0.05) is 12.6 Å². The maximum absolute atomic E-state index is 12.3. The molecule has 0 saturated heterocycles. The molecule has 5 heteroatoms. The maximum Gasteiger partial charge on any atom is 0.258 e. The van der Waals surface area contributed by atoms with Gasteiger partial charge < -0.3 is 20.5 Å². The number of ether oxygens (including phenoxy) is 2. The van der Waals surface area contributed by atoms with Gasteiger partial charge in [-0.25, -0.2) is 0 Å². The second kappa shape index (κ2) is 7.31. The van der Waals surface area contributed by atoms with Crippen LogP contribution in [0.25, 0.3) is 0 Å². The fourth-order valence-electron chi connectivity index (χ4n) is 2.25. The Bertz CT molecular complexity index is 459. The molecule has 0 aliphatic rings. The Labute approximate surface area is 126 Å². The highest BCUT2D eigenvalue weighted by molar-refractivity contribution is 5.99. The van der Waals surface area contributed by atoms with Crippen LogP contribution in [0.1, 0.15) is 37.6 Å². The number of hydrogen-bond acceptors (Lipinski definition) is 4. The molecule has 1 atom stereocenters. The molecule has 1 rings (SSSR count). The molecule has 0 heterocycles. The Balaban J connectivity index is 2.76. The Morgan fingerprint density at radius 1 is 1.24 bits per heavy atom. The molecule has 0 aliphatic carbocycles. The predicted octanol–water partition coefficient (Wildman–Crippen LogP) is 2.20. The number of benzene rings is 1. The van der Waals surface area contributed by atoms with Crippen molar-refractivity contribution < 1.29 is 14.3 Å². The van der Waals surface area contributed by atoms with E-state index in [4.69, 9.17) is 15.2 Å². The standard InChI is InChI=1S/C16H26N2O3/c1-16(2,3)9-11(17)10-18-15(19)14-12(20-4)7-6-8-13(14)21-5/h6-8,11H,9-10,17H2,1-5H3,(H,18,19). The monoisotopic (exact) mass is 294 g/mol. The molecule has 0 aromatic heterocycles. The average Bonchev–Trinajstić information content (AvgIpc) is 2.41. The predicted molar refractivity (Wildman–Crippen MR) is 83.9 cm³/mol. The molecule has 0 fully saturated rings. The highest BCUT2D eigenvalue weighted by atomic mass is 16.5. The van der Waals surface area contributed by atoms with Crippen molar-refractivity contribution in [2.45, 2.75) is 33.2 Å². The Morgan fingerprint density at radius 3 is 2.19 bits per heavy atom. The molecule has 1 amide bonds. The number of rotatable bonds is 6. The van der Waals surface area contributed by atoms with Crippen LogP contribution in [-0.2, 0) is 0 Å². The number of hydrogen-bond donors (Lipinski definition) is 2. The Hall–Kier alpha value is -1.75. The van der Waals surface area contributed by atoms with Crippen LogP contribution in [0.4, 0.5) is 0 Å². The molecule has 21 heavy (non-hydrogen) atoms. The van der Waals surface area contributed by atoms with Crippen LogP contribution in [0, 0.1) is 5.41 Å². The van der Waals surface area contributed by atoms with Gasteiger partial charge in [0.05, 0.1) is 14.2 Å². The zero-order valence-electron chi connectivity index (χ0n) is 13.5. The summed E-state index contributed by atoms with van der Waals surface area (Å²) < 4.78 is 10.4. The summed E-state index contributed by atoms with van der Waals surface area (Å²) in [7, 11) is 3.05. The summed E-state index contributed by atoms with van der Waals surface area (Å²) in [5, 5.41) is 2.85. The first kappa shape index (κ1) is 17.3. The summed E-state index contributed by atoms with van der Waals surface area (Å²) >= 11 is 0. The normalized spacial score (nSPS) is 12.7. The highest BCUT2D eigenvalue weighted by Gasteiger charge is 2.20. The largest absolute Gasteiger partial charge is 0.496 e. The van der Waals surface area contributed by atoms with Crippen LogP contribution >= 0.6 is 0 Å². The minimum Gasteiger partial charge on any atom is -0.496 e. The van der Waals surface area contributed by atoms with Gasteiger partial charge in [-0.05, 0) is 24.0 Å². The molecule has 118 valence electrons. The first-order valence-electron chi connectivity index (χ1n) is 7.03. The van der Waals surface area contributed by atoms with E-state index in [1.165, 1.54) is 14.2 Å². The van der Waals surface area contributed by atoms with Gasteiger partial charge in [0.15, 0.2) is 0 Å². The molecule has 0 spiro atoms. The van der Waals surface area contributed by atoms with Gasteiger partial charge in [0.25, 0.3) is 5.91 Å². The summed E-state index contributed by atoms with van der Waals surface area (Å²) in [6, 6.07) is 5.15. The van der Waals surface area contributed by atoms with Gasteiger partial charge in [-0.3, -0.25) is 4.79 Å². The van der Waals surface area contributed by atoms with Crippen molar-refractivity contribution >= 4 is 5.91 Å². The number of carbonyl (C=O) groups excluding carboxylic acids is 1. The van der Waals surface area contributed by atoms with Crippen LogP contribution in [0.5, 0.6) is 11.5 Å². The third kappa shape index (κ3) is 5.27. The van der Waals surface area contributed by atoms with Crippen molar-refractivity contribution in [1.29, 1.82) is 0 Å². The van der Waals surface area contributed by atoms with Crippen LogP contribution < -0.4 is 20.5 Å². The average molecular weight is 294 g/mol. The molecule has 1 unspecified atom stereocenters. The molecule has 0 radical (unpaired) electrons. The van der Waals surface area contributed by atoms with Crippen LogP contribution in [0.3, 0.4) is 0 Å². The zero-order valence-corrected chi connectivity index (χ0v) is 13.5. The molecular formula is C16H26N2O3. The van der Waals surface area contributed by atoms with E-state index in [1.54, 1.807) is 18.2 Å². The van der Waals surface area contributed by atoms with Crippen molar-refractivity contribution in [3.8, 4) is 11.5 Å². The van der Waals surface area contributed by atoms with Crippen molar-refractivity contribution in [2.24, 2.45) is 11.1 Å². The minimum absolute atomic E-state index is 0.0883. The number of methoxy groups -OCH3 is 2. The topological polar surface area (TPSA) is 73.6 Å². The van der Waals surface area contributed by atoms with Crippen LogP contribution in [-0.4, -0.2) is 32.7 Å². The molecule has 0 bridgehead atoms. The molecule has 0 aliphatic heterocycles. The van der Waals surface area contributed by atoms with Crippen molar-refractivity contribution in [3.05, 3.63) is 23.8 Å². The Kier molecular flexibility index (Phi) is 6.03. The van der Waals surface area contributed by atoms with E-state index >= 15 is 0 Å². The summed E-state index contributed by atoms with van der Waals surface area (Å²) in [4.78, 5) is 12.3. The first-order valence-corrected chi connectivity index (χ1v) is 7.03. The van der Waals surface area contributed by atoms with E-state index in [2.05, 4.69) is 26.1 Å². The molecular weight excluding hydrogens is 268 g/mol. The van der Waals surface area contributed by atoms with Gasteiger partial charge in [0.2, 0.25) is 0 Å². The van der Waals surface area contributed by atoms with E-state index in [1.807, 2.05) is 0 Å². The summed E-state index contributed by atoms with van der Waals surface area (Å²) in [5.74, 6) is 0.723. The van der Waals surface area contributed by atoms with Crippen molar-refractivity contribution in [2.75, 3.05) is 20.8 Å². The molecule has 1 aromatic carbocycles. The van der Waals surface area contributed by atoms with Gasteiger partial charge in [0.1, 0.15) is 17.1 Å². The Morgan fingerprint density at radius 2 is 1.76 bits per heavy atom. The summed E-state index contributed by atoms with van der Waals surface area (Å²) in [5.41, 5.74) is 6.58. The highest BCUT2D eigenvalue weighted by Crippen LogP contribution is 2.28. The smallest absolute Gasteiger partial charge is 0.258 e. The fourth-order valence-corrected chi connectivity index (χ4v) is 2.25. The van der Waals surface area contributed by atoms with E-state index in [9.17, 15) is 4.79 Å². The van der Waals surface area contributed by atoms with E-state index < -0.39 is 0 Å². The van der Waals surface area contributed by atoms with Crippen LogP contribution in [0.2, 0.25) is 0 Å². The molecule has 0 saturated carbocycles. The zero-order chi connectivity index (χ0) is 16.0. The molecule has 3 N–H and O–H groups in total. The summed E-state index contributed by atoms with van der Waals surface area (Å²) in [6.45, 7) is 6.78. The van der Waals surface area contributed by atoms with Gasteiger partial charge in [-0.1, -0.05) is 26.8 Å². The number of carbonyl (C=O) groups is 1. The maximum atomic E-state index is 12.3. The minimum atomic E-state index is -0.242. The van der Waals surface area contributed by atoms with Crippen molar-refractivity contribution in [3.63, 3.8) is 0 Å². The lowest BCUT2D eigenvalue weighted by Gasteiger charge is -2.23. The second-order valence-electron chi connectivity index (χ2n) is 6.27. The van der Waals surface area contributed by atoms with E-state index in [0.717, 1.165) is 6.42 Å². The van der Waals surface area contributed by atoms with Crippen LogP contribution in [0.15, 0.2) is 18.2 Å². The first-order chi connectivity index (χ1) is 9.78. The molecule has 5 nitrogen and oxygen atoms in total. The lowest BCUT2D eigenvalue weighted by Crippen LogP contribution is -2.39. The van der Waals surface area contributed by atoms with E-state index in [-0.39, 0.29) is 17.4 Å². The number of nitrogens with two attached hydrogens (primary N) is 1. The number of nitrogens with one attached hydrogen (secondary N) is 1. The fraction of sp³-hybridized carbons (Fsp3) is 0.562. The van der Waals surface area contributed by atoms with Gasteiger partial charge in [-0.2, -0.15) is 0 Å². The lowest BCUT2D eigenvalue weighted by atomic mass is 9.88. The lowest BCUT2D eigenvalue weighted by molar-refractivity contribution is 0.0942. The quantitative estimate of drug-likeness (QED) is 0.843. The summed E-state index contributed by atoms with van der Waals surface area (Å²) in [6.07, 6.45) is 0.830. The van der Waals surface area contributed by atoms with Gasteiger partial charge >= 0.3 is 0 Å². The van der Waals surface area contributed by atoms with Gasteiger partial charge in [-0.15, -0.1) is 0 Å². The number of amides is 1. The second-order valence-corrected chi connectivity index (χ2v) is 6.27. The SMILES string of the molecule is COc1cccc(OC)c1C(=O)NCC(N)CC(C)(C)C. The third-order valence-corrected chi connectivity index (χ3v) is 3.05. The third-order valence-electron chi connectivity index (χ3n) is 3.05. The van der Waals surface area contributed by atoms with Crippen molar-refractivity contribution in [1.82, 2.24) is 5.32 Å².